The SMILES string of the molecule is COc1ccc(Nc2nc(C)cc(NC3CCCCCC3)n2)c(OC)c1. The van der Waals surface area contributed by atoms with E-state index in [2.05, 4.69) is 20.6 Å². The van der Waals surface area contributed by atoms with Crippen molar-refractivity contribution in [2.45, 2.75) is 51.5 Å². The van der Waals surface area contributed by atoms with Gasteiger partial charge in [0.05, 0.1) is 19.9 Å². The van der Waals surface area contributed by atoms with Gasteiger partial charge in [-0.2, -0.15) is 4.98 Å². The summed E-state index contributed by atoms with van der Waals surface area (Å²) in [7, 11) is 3.27. The second-order valence-corrected chi connectivity index (χ2v) is 6.74. The maximum atomic E-state index is 5.44. The van der Waals surface area contributed by atoms with Crippen LogP contribution in [-0.4, -0.2) is 30.2 Å². The molecule has 1 aromatic heterocycles. The standard InChI is InChI=1S/C20H28N4O2/c1-14-12-19(22-15-8-6-4-5-7-9-15)24-20(21-14)23-17-11-10-16(25-2)13-18(17)26-3/h10-13,15H,4-9H2,1-3H3,(H2,21,22,23,24). The second-order valence-electron chi connectivity index (χ2n) is 6.74. The molecule has 6 heteroatoms. The first kappa shape index (κ1) is 18.3. The van der Waals surface area contributed by atoms with Crippen molar-refractivity contribution in [3.05, 3.63) is 30.0 Å². The van der Waals surface area contributed by atoms with E-state index in [9.17, 15) is 0 Å². The van der Waals surface area contributed by atoms with Gasteiger partial charge in [-0.1, -0.05) is 25.7 Å². The highest BCUT2D eigenvalue weighted by Crippen LogP contribution is 2.31. The van der Waals surface area contributed by atoms with Crippen molar-refractivity contribution in [2.75, 3.05) is 24.9 Å². The van der Waals surface area contributed by atoms with Gasteiger partial charge in [0.2, 0.25) is 5.95 Å². The van der Waals surface area contributed by atoms with Gasteiger partial charge in [-0.3, -0.25) is 0 Å². The molecular weight excluding hydrogens is 328 g/mol. The lowest BCUT2D eigenvalue weighted by atomic mass is 10.1. The van der Waals surface area contributed by atoms with Crippen molar-refractivity contribution in [1.29, 1.82) is 0 Å². The van der Waals surface area contributed by atoms with Crippen molar-refractivity contribution >= 4 is 17.5 Å². The Bertz CT molecular complexity index is 728. The number of aromatic nitrogens is 2. The third-order valence-corrected chi connectivity index (χ3v) is 4.72. The molecule has 1 aliphatic carbocycles. The van der Waals surface area contributed by atoms with Crippen LogP contribution in [0.5, 0.6) is 11.5 Å². The number of hydrogen-bond donors (Lipinski definition) is 2. The monoisotopic (exact) mass is 356 g/mol. The minimum absolute atomic E-state index is 0.496. The molecule has 140 valence electrons. The summed E-state index contributed by atoms with van der Waals surface area (Å²) in [5.41, 5.74) is 1.73. The molecular formula is C20H28N4O2. The number of rotatable bonds is 6. The Balaban J connectivity index is 1.77. The van der Waals surface area contributed by atoms with E-state index in [1.165, 1.54) is 38.5 Å². The highest BCUT2D eigenvalue weighted by molar-refractivity contribution is 5.65. The van der Waals surface area contributed by atoms with E-state index in [-0.39, 0.29) is 0 Å². The van der Waals surface area contributed by atoms with Crippen molar-refractivity contribution in [3.8, 4) is 11.5 Å². The molecule has 0 aliphatic heterocycles. The summed E-state index contributed by atoms with van der Waals surface area (Å²) >= 11 is 0. The lowest BCUT2D eigenvalue weighted by Gasteiger charge is -2.18. The number of nitrogens with one attached hydrogen (secondary N) is 2. The molecule has 0 unspecified atom stereocenters. The van der Waals surface area contributed by atoms with E-state index in [1.54, 1.807) is 14.2 Å². The predicted octanol–water partition coefficient (Wildman–Crippen LogP) is 4.68. The summed E-state index contributed by atoms with van der Waals surface area (Å²) in [6.45, 7) is 1.98. The Hall–Kier alpha value is -2.50. The molecule has 1 heterocycles. The van der Waals surface area contributed by atoms with E-state index in [4.69, 9.17) is 9.47 Å². The van der Waals surface area contributed by atoms with Crippen LogP contribution >= 0.6 is 0 Å². The van der Waals surface area contributed by atoms with Crippen LogP contribution in [0, 0.1) is 6.92 Å². The minimum Gasteiger partial charge on any atom is -0.497 e. The molecule has 0 atom stereocenters. The molecule has 2 N–H and O–H groups in total. The molecule has 0 bridgehead atoms. The summed E-state index contributed by atoms with van der Waals surface area (Å²) in [5.74, 6) is 2.87. The molecule has 1 fully saturated rings. The molecule has 3 rings (SSSR count). The zero-order valence-corrected chi connectivity index (χ0v) is 15.8. The average molecular weight is 356 g/mol. The summed E-state index contributed by atoms with van der Waals surface area (Å²) in [6.07, 6.45) is 7.66. The first-order chi connectivity index (χ1) is 12.7. The fourth-order valence-electron chi connectivity index (χ4n) is 3.35. The molecule has 6 nitrogen and oxygen atoms in total. The van der Waals surface area contributed by atoms with Gasteiger partial charge < -0.3 is 20.1 Å². The third-order valence-electron chi connectivity index (χ3n) is 4.72. The van der Waals surface area contributed by atoms with Crippen molar-refractivity contribution in [2.24, 2.45) is 0 Å². The van der Waals surface area contributed by atoms with Gasteiger partial charge in [0, 0.05) is 23.9 Å². The smallest absolute Gasteiger partial charge is 0.229 e. The topological polar surface area (TPSA) is 68.3 Å². The number of nitrogens with zero attached hydrogens (tertiary/aromatic N) is 2. The lowest BCUT2D eigenvalue weighted by molar-refractivity contribution is 0.395. The third kappa shape index (κ3) is 4.77. The average Bonchev–Trinajstić information content (AvgIpc) is 2.90. The first-order valence-electron chi connectivity index (χ1n) is 9.29. The maximum absolute atomic E-state index is 5.44. The van der Waals surface area contributed by atoms with Gasteiger partial charge in [-0.05, 0) is 31.9 Å². The van der Waals surface area contributed by atoms with Gasteiger partial charge in [-0.15, -0.1) is 0 Å². The van der Waals surface area contributed by atoms with E-state index < -0.39 is 0 Å². The van der Waals surface area contributed by atoms with E-state index in [0.29, 0.717) is 17.7 Å². The van der Waals surface area contributed by atoms with Crippen LogP contribution in [0.25, 0.3) is 0 Å². The number of aryl methyl sites for hydroxylation is 1. The number of benzene rings is 1. The maximum Gasteiger partial charge on any atom is 0.229 e. The van der Waals surface area contributed by atoms with Crippen molar-refractivity contribution in [1.82, 2.24) is 9.97 Å². The van der Waals surface area contributed by atoms with Crippen LogP contribution in [0.2, 0.25) is 0 Å². The van der Waals surface area contributed by atoms with Gasteiger partial charge in [0.15, 0.2) is 0 Å². The van der Waals surface area contributed by atoms with Gasteiger partial charge in [0.25, 0.3) is 0 Å². The number of anilines is 3. The van der Waals surface area contributed by atoms with Crippen molar-refractivity contribution < 1.29 is 9.47 Å². The summed E-state index contributed by atoms with van der Waals surface area (Å²) in [6, 6.07) is 8.12. The molecule has 1 saturated carbocycles. The molecule has 1 aromatic carbocycles. The lowest BCUT2D eigenvalue weighted by Crippen LogP contribution is -2.19. The number of hydrogen-bond acceptors (Lipinski definition) is 6. The zero-order valence-electron chi connectivity index (χ0n) is 15.8. The van der Waals surface area contributed by atoms with E-state index >= 15 is 0 Å². The normalized spacial score (nSPS) is 15.2. The highest BCUT2D eigenvalue weighted by Gasteiger charge is 2.14. The Morgan fingerprint density at radius 2 is 1.73 bits per heavy atom. The van der Waals surface area contributed by atoms with Crippen molar-refractivity contribution in [3.63, 3.8) is 0 Å². The second kappa shape index (κ2) is 8.74. The molecule has 26 heavy (non-hydrogen) atoms. The van der Waals surface area contributed by atoms with Gasteiger partial charge in [0.1, 0.15) is 17.3 Å². The molecule has 0 saturated heterocycles. The molecule has 0 spiro atoms. The van der Waals surface area contributed by atoms with E-state index in [0.717, 1.165) is 22.9 Å². The largest absolute Gasteiger partial charge is 0.497 e. The van der Waals surface area contributed by atoms with Crippen LogP contribution < -0.4 is 20.1 Å². The predicted molar refractivity (Wildman–Crippen MR) is 105 cm³/mol. The summed E-state index contributed by atoms with van der Waals surface area (Å²) in [5, 5.41) is 6.86. The Labute approximate surface area is 155 Å². The van der Waals surface area contributed by atoms with Crippen LogP contribution in [0.4, 0.5) is 17.5 Å². The van der Waals surface area contributed by atoms with Crippen LogP contribution in [0.1, 0.15) is 44.2 Å². The molecule has 1 aliphatic rings. The highest BCUT2D eigenvalue weighted by atomic mass is 16.5. The zero-order chi connectivity index (χ0) is 18.4. The minimum atomic E-state index is 0.496. The summed E-state index contributed by atoms with van der Waals surface area (Å²) in [4.78, 5) is 9.16. The fourth-order valence-corrected chi connectivity index (χ4v) is 3.35. The molecule has 2 aromatic rings. The van der Waals surface area contributed by atoms with Crippen LogP contribution in [0.3, 0.4) is 0 Å². The van der Waals surface area contributed by atoms with Crippen LogP contribution in [-0.2, 0) is 0 Å². The number of methoxy groups -OCH3 is 2. The van der Waals surface area contributed by atoms with Gasteiger partial charge >= 0.3 is 0 Å². The Kier molecular flexibility index (Phi) is 6.15. The van der Waals surface area contributed by atoms with Gasteiger partial charge in [-0.25, -0.2) is 4.98 Å². The molecule has 0 radical (unpaired) electrons. The quantitative estimate of drug-likeness (QED) is 0.733. The Morgan fingerprint density at radius 1 is 0.962 bits per heavy atom. The summed E-state index contributed by atoms with van der Waals surface area (Å²) < 4.78 is 10.7. The molecule has 0 amide bonds. The first-order valence-corrected chi connectivity index (χ1v) is 9.29. The van der Waals surface area contributed by atoms with Crippen LogP contribution in [0.15, 0.2) is 24.3 Å². The Morgan fingerprint density at radius 3 is 2.42 bits per heavy atom. The fraction of sp³-hybridized carbons (Fsp3) is 0.500. The number of ether oxygens (including phenoxy) is 2. The van der Waals surface area contributed by atoms with E-state index in [1.807, 2.05) is 31.2 Å².